The number of morpholine rings is 1. The monoisotopic (exact) mass is 462 g/mol. The molecule has 0 unspecified atom stereocenters. The third-order valence-corrected chi connectivity index (χ3v) is 7.55. The Morgan fingerprint density at radius 3 is 2.52 bits per heavy atom. The number of ether oxygens (including phenoxy) is 1. The number of carbonyl (C=O) groups excluding carboxylic acids is 1. The lowest BCUT2D eigenvalue weighted by molar-refractivity contribution is 0.0730. The van der Waals surface area contributed by atoms with E-state index >= 15 is 0 Å². The second kappa shape index (κ2) is 8.86. The average molecular weight is 463 g/mol. The molecule has 2 aromatic heterocycles. The fourth-order valence-corrected chi connectivity index (χ4v) is 5.41. The highest BCUT2D eigenvalue weighted by atomic mass is 32.2. The van der Waals surface area contributed by atoms with Gasteiger partial charge in [-0.2, -0.15) is 4.31 Å². The molecule has 1 fully saturated rings. The molecule has 0 saturated carbocycles. The molecule has 0 amide bonds. The minimum atomic E-state index is -3.69. The van der Waals surface area contributed by atoms with Crippen molar-refractivity contribution in [2.45, 2.75) is 11.4 Å². The molecule has 168 valence electrons. The number of para-hydroxylation sites is 2. The maximum absolute atomic E-state index is 13.3. The van der Waals surface area contributed by atoms with Crippen molar-refractivity contribution in [3.63, 3.8) is 0 Å². The quantitative estimate of drug-likeness (QED) is 0.409. The van der Waals surface area contributed by atoms with Crippen molar-refractivity contribution in [3.8, 4) is 11.4 Å². The number of imidazole rings is 1. The van der Waals surface area contributed by atoms with Crippen LogP contribution in [0.5, 0.6) is 0 Å². The van der Waals surface area contributed by atoms with E-state index < -0.39 is 10.0 Å². The normalized spacial score (nSPS) is 15.0. The zero-order valence-corrected chi connectivity index (χ0v) is 18.6. The lowest BCUT2D eigenvalue weighted by Gasteiger charge is -2.26. The van der Waals surface area contributed by atoms with E-state index in [0.717, 1.165) is 16.6 Å². The Kier molecular flexibility index (Phi) is 5.76. The fourth-order valence-electron chi connectivity index (χ4n) is 3.96. The first-order valence-electron chi connectivity index (χ1n) is 10.6. The van der Waals surface area contributed by atoms with Crippen LogP contribution in [0, 0.1) is 0 Å². The summed E-state index contributed by atoms with van der Waals surface area (Å²) in [5.74, 6) is 0.455. The number of Topliss-reactive ketones (excluding diaryl/α,β-unsaturated/α-hetero) is 1. The van der Waals surface area contributed by atoms with Crippen LogP contribution in [0.4, 0.5) is 0 Å². The van der Waals surface area contributed by atoms with Crippen molar-refractivity contribution in [1.29, 1.82) is 0 Å². The predicted molar refractivity (Wildman–Crippen MR) is 123 cm³/mol. The van der Waals surface area contributed by atoms with Crippen LogP contribution in [0.15, 0.2) is 78.0 Å². The van der Waals surface area contributed by atoms with Crippen LogP contribution in [-0.4, -0.2) is 59.3 Å². The summed E-state index contributed by atoms with van der Waals surface area (Å²) in [6.07, 6.45) is 3.36. The van der Waals surface area contributed by atoms with E-state index in [-0.39, 0.29) is 17.2 Å². The number of fused-ring (bicyclic) bond motifs is 1. The highest BCUT2D eigenvalue weighted by molar-refractivity contribution is 7.89. The molecule has 1 aliphatic heterocycles. The van der Waals surface area contributed by atoms with Gasteiger partial charge in [0, 0.05) is 36.6 Å². The van der Waals surface area contributed by atoms with Gasteiger partial charge in [-0.15, -0.1) is 0 Å². The summed E-state index contributed by atoms with van der Waals surface area (Å²) in [5.41, 5.74) is 2.79. The molecule has 8 nitrogen and oxygen atoms in total. The Morgan fingerprint density at radius 1 is 0.970 bits per heavy atom. The number of rotatable bonds is 6. The number of benzene rings is 2. The molecule has 4 aromatic rings. The predicted octanol–water partition coefficient (Wildman–Crippen LogP) is 3.00. The highest BCUT2D eigenvalue weighted by Crippen LogP contribution is 2.25. The van der Waals surface area contributed by atoms with Crippen molar-refractivity contribution in [3.05, 3.63) is 78.6 Å². The second-order valence-corrected chi connectivity index (χ2v) is 9.65. The molecule has 0 bridgehead atoms. The summed E-state index contributed by atoms with van der Waals surface area (Å²) < 4.78 is 34.6. The van der Waals surface area contributed by atoms with Gasteiger partial charge in [-0.25, -0.2) is 13.4 Å². The zero-order chi connectivity index (χ0) is 22.8. The molecule has 0 aliphatic carbocycles. The molecule has 5 rings (SSSR count). The van der Waals surface area contributed by atoms with E-state index in [0.29, 0.717) is 37.7 Å². The Bertz CT molecular complexity index is 1410. The summed E-state index contributed by atoms with van der Waals surface area (Å²) in [7, 11) is -3.69. The first kappa shape index (κ1) is 21.4. The Labute approximate surface area is 191 Å². The zero-order valence-electron chi connectivity index (χ0n) is 17.8. The minimum absolute atomic E-state index is 0.0270. The van der Waals surface area contributed by atoms with Gasteiger partial charge in [0.15, 0.2) is 5.78 Å². The molecule has 0 radical (unpaired) electrons. The van der Waals surface area contributed by atoms with Gasteiger partial charge < -0.3 is 9.30 Å². The lowest BCUT2D eigenvalue weighted by Crippen LogP contribution is -2.40. The SMILES string of the molecule is O=C(Cn1c(-c2ccncc2)nc2ccccc21)c1cccc(S(=O)(=O)N2CCOCC2)c1. The van der Waals surface area contributed by atoms with Crippen LogP contribution in [0.1, 0.15) is 10.4 Å². The van der Waals surface area contributed by atoms with Crippen LogP contribution in [-0.2, 0) is 21.3 Å². The minimum Gasteiger partial charge on any atom is -0.379 e. The summed E-state index contributed by atoms with van der Waals surface area (Å²) in [5, 5.41) is 0. The molecule has 33 heavy (non-hydrogen) atoms. The van der Waals surface area contributed by atoms with Crippen molar-refractivity contribution in [2.24, 2.45) is 0 Å². The van der Waals surface area contributed by atoms with E-state index in [2.05, 4.69) is 4.98 Å². The van der Waals surface area contributed by atoms with Crippen molar-refractivity contribution < 1.29 is 17.9 Å². The van der Waals surface area contributed by atoms with Crippen molar-refractivity contribution >= 4 is 26.8 Å². The van der Waals surface area contributed by atoms with Crippen LogP contribution in [0.3, 0.4) is 0 Å². The standard InChI is InChI=1S/C24H22N4O4S/c29-23(19-4-3-5-20(16-19)33(30,31)27-12-14-32-15-13-27)17-28-22-7-2-1-6-21(22)26-24(28)18-8-10-25-11-9-18/h1-11,16H,12-15,17H2. The van der Waals surface area contributed by atoms with Gasteiger partial charge in [0.2, 0.25) is 10.0 Å². The van der Waals surface area contributed by atoms with Crippen molar-refractivity contribution in [1.82, 2.24) is 18.8 Å². The number of hydrogen-bond donors (Lipinski definition) is 0. The summed E-state index contributed by atoms with van der Waals surface area (Å²) >= 11 is 0. The van der Waals surface area contributed by atoms with Gasteiger partial charge in [0.05, 0.1) is 35.7 Å². The topological polar surface area (TPSA) is 94.4 Å². The van der Waals surface area contributed by atoms with Crippen LogP contribution in [0.25, 0.3) is 22.4 Å². The van der Waals surface area contributed by atoms with E-state index in [1.807, 2.05) is 41.0 Å². The third kappa shape index (κ3) is 4.18. The number of ketones is 1. The number of carbonyl (C=O) groups is 1. The molecule has 0 atom stereocenters. The maximum Gasteiger partial charge on any atom is 0.243 e. The van der Waals surface area contributed by atoms with Gasteiger partial charge in [-0.3, -0.25) is 9.78 Å². The van der Waals surface area contributed by atoms with Crippen LogP contribution >= 0.6 is 0 Å². The number of hydrogen-bond acceptors (Lipinski definition) is 6. The summed E-state index contributed by atoms with van der Waals surface area (Å²) in [4.78, 5) is 22.2. The Hall–Kier alpha value is -3.40. The maximum atomic E-state index is 13.3. The Morgan fingerprint density at radius 2 is 1.73 bits per heavy atom. The molecular weight excluding hydrogens is 440 g/mol. The number of pyridine rings is 1. The fraction of sp³-hybridized carbons (Fsp3) is 0.208. The first-order valence-corrected chi connectivity index (χ1v) is 12.0. The number of sulfonamides is 1. The molecule has 3 heterocycles. The first-order chi connectivity index (χ1) is 16.0. The molecular formula is C24H22N4O4S. The average Bonchev–Trinajstić information content (AvgIpc) is 3.23. The summed E-state index contributed by atoms with van der Waals surface area (Å²) in [6.45, 7) is 1.36. The van der Waals surface area contributed by atoms with E-state index in [4.69, 9.17) is 9.72 Å². The van der Waals surface area contributed by atoms with Crippen LogP contribution < -0.4 is 0 Å². The molecule has 0 N–H and O–H groups in total. The number of aromatic nitrogens is 3. The molecule has 9 heteroatoms. The van der Waals surface area contributed by atoms with Gasteiger partial charge >= 0.3 is 0 Å². The molecule has 1 saturated heterocycles. The van der Waals surface area contributed by atoms with Gasteiger partial charge in [0.25, 0.3) is 0 Å². The van der Waals surface area contributed by atoms with E-state index in [9.17, 15) is 13.2 Å². The van der Waals surface area contributed by atoms with E-state index in [1.54, 1.807) is 24.5 Å². The smallest absolute Gasteiger partial charge is 0.243 e. The Balaban J connectivity index is 1.49. The summed E-state index contributed by atoms with van der Waals surface area (Å²) in [6, 6.07) is 17.5. The largest absolute Gasteiger partial charge is 0.379 e. The highest BCUT2D eigenvalue weighted by Gasteiger charge is 2.27. The molecule has 1 aliphatic rings. The van der Waals surface area contributed by atoms with Crippen LogP contribution in [0.2, 0.25) is 0 Å². The molecule has 2 aromatic carbocycles. The van der Waals surface area contributed by atoms with Gasteiger partial charge in [-0.1, -0.05) is 24.3 Å². The van der Waals surface area contributed by atoms with Gasteiger partial charge in [-0.05, 0) is 36.4 Å². The van der Waals surface area contributed by atoms with E-state index in [1.165, 1.54) is 16.4 Å². The second-order valence-electron chi connectivity index (χ2n) is 7.71. The number of nitrogens with zero attached hydrogens (tertiary/aromatic N) is 4. The molecule has 0 spiro atoms. The lowest BCUT2D eigenvalue weighted by atomic mass is 10.1. The third-order valence-electron chi connectivity index (χ3n) is 5.66. The van der Waals surface area contributed by atoms with Crippen molar-refractivity contribution in [2.75, 3.05) is 26.3 Å². The van der Waals surface area contributed by atoms with Gasteiger partial charge in [0.1, 0.15) is 5.82 Å².